The maximum atomic E-state index is 11.2. The van der Waals surface area contributed by atoms with E-state index in [4.69, 9.17) is 0 Å². The molecule has 5 nitrogen and oxygen atoms in total. The molecule has 0 radical (unpaired) electrons. The molecule has 0 aliphatic rings. The molecule has 0 heterocycles. The van der Waals surface area contributed by atoms with Crippen molar-refractivity contribution in [3.63, 3.8) is 0 Å². The average molecular weight is 215 g/mol. The van der Waals surface area contributed by atoms with Crippen LogP contribution < -0.4 is 5.32 Å². The lowest BCUT2D eigenvalue weighted by molar-refractivity contribution is -0.146. The Bertz CT molecular complexity index is 250. The van der Waals surface area contributed by atoms with Crippen LogP contribution in [0, 0.1) is 0 Å². The van der Waals surface area contributed by atoms with Crippen molar-refractivity contribution in [2.75, 3.05) is 6.61 Å². The van der Waals surface area contributed by atoms with Crippen LogP contribution in [0.1, 0.15) is 33.6 Å². The highest BCUT2D eigenvalue weighted by Crippen LogP contribution is 1.94. The van der Waals surface area contributed by atoms with E-state index in [1.54, 1.807) is 13.8 Å². The third kappa shape index (κ3) is 5.83. The standard InChI is InChI=1S/C10H17NO4/c1-4-8(7(3)12)11-9(13)6-10(14)15-5-2/h8H,4-6H2,1-3H3,(H,11,13). The Morgan fingerprint density at radius 1 is 1.27 bits per heavy atom. The Morgan fingerprint density at radius 2 is 1.87 bits per heavy atom. The van der Waals surface area contributed by atoms with E-state index in [0.29, 0.717) is 6.42 Å². The molecule has 1 atom stereocenters. The number of ketones is 1. The topological polar surface area (TPSA) is 72.5 Å². The predicted octanol–water partition coefficient (Wildman–Crippen LogP) is 0.423. The lowest BCUT2D eigenvalue weighted by Gasteiger charge is -2.12. The first kappa shape index (κ1) is 13.6. The largest absolute Gasteiger partial charge is 0.466 e. The maximum Gasteiger partial charge on any atom is 0.315 e. The highest BCUT2D eigenvalue weighted by atomic mass is 16.5. The molecule has 0 aromatic heterocycles. The molecule has 0 aromatic rings. The van der Waals surface area contributed by atoms with Gasteiger partial charge in [0.05, 0.1) is 12.6 Å². The second-order valence-corrected chi connectivity index (χ2v) is 3.12. The Hall–Kier alpha value is -1.39. The zero-order chi connectivity index (χ0) is 11.8. The van der Waals surface area contributed by atoms with Gasteiger partial charge in [-0.05, 0) is 20.3 Å². The monoisotopic (exact) mass is 215 g/mol. The average Bonchev–Trinajstić information content (AvgIpc) is 2.13. The first-order valence-electron chi connectivity index (χ1n) is 4.96. The van der Waals surface area contributed by atoms with Crippen molar-refractivity contribution in [3.8, 4) is 0 Å². The van der Waals surface area contributed by atoms with E-state index in [9.17, 15) is 14.4 Å². The molecule has 86 valence electrons. The van der Waals surface area contributed by atoms with Crippen molar-refractivity contribution in [2.24, 2.45) is 0 Å². The quantitative estimate of drug-likeness (QED) is 0.515. The van der Waals surface area contributed by atoms with Gasteiger partial charge in [0.2, 0.25) is 5.91 Å². The summed E-state index contributed by atoms with van der Waals surface area (Å²) < 4.78 is 4.60. The molecular weight excluding hydrogens is 198 g/mol. The number of carbonyl (C=O) groups is 3. The van der Waals surface area contributed by atoms with E-state index in [1.165, 1.54) is 6.92 Å². The summed E-state index contributed by atoms with van der Waals surface area (Å²) in [6.07, 6.45) is 0.182. The molecule has 0 fully saturated rings. The van der Waals surface area contributed by atoms with Gasteiger partial charge in [0.1, 0.15) is 6.42 Å². The van der Waals surface area contributed by atoms with Gasteiger partial charge >= 0.3 is 5.97 Å². The van der Waals surface area contributed by atoms with Crippen molar-refractivity contribution in [3.05, 3.63) is 0 Å². The fourth-order valence-electron chi connectivity index (χ4n) is 1.08. The maximum absolute atomic E-state index is 11.2. The van der Waals surface area contributed by atoms with E-state index in [0.717, 1.165) is 0 Å². The molecule has 0 saturated carbocycles. The van der Waals surface area contributed by atoms with Gasteiger partial charge in [-0.1, -0.05) is 6.92 Å². The summed E-state index contributed by atoms with van der Waals surface area (Å²) in [7, 11) is 0. The molecule has 0 aliphatic heterocycles. The van der Waals surface area contributed by atoms with Gasteiger partial charge < -0.3 is 10.1 Å². The summed E-state index contributed by atoms with van der Waals surface area (Å²) in [5.41, 5.74) is 0. The molecular formula is C10H17NO4. The molecule has 0 spiro atoms. The highest BCUT2D eigenvalue weighted by molar-refractivity contribution is 5.96. The predicted molar refractivity (Wildman–Crippen MR) is 54.2 cm³/mol. The second kappa shape index (κ2) is 6.98. The summed E-state index contributed by atoms with van der Waals surface area (Å²) in [5, 5.41) is 2.47. The number of carbonyl (C=O) groups excluding carboxylic acids is 3. The fraction of sp³-hybridized carbons (Fsp3) is 0.700. The number of ether oxygens (including phenoxy) is 1. The molecule has 0 bridgehead atoms. The summed E-state index contributed by atoms with van der Waals surface area (Å²) in [4.78, 5) is 33.2. The number of rotatable bonds is 6. The van der Waals surface area contributed by atoms with Gasteiger partial charge in [-0.25, -0.2) is 0 Å². The first-order valence-corrected chi connectivity index (χ1v) is 4.96. The van der Waals surface area contributed by atoms with Crippen molar-refractivity contribution < 1.29 is 19.1 Å². The van der Waals surface area contributed by atoms with E-state index < -0.39 is 17.9 Å². The molecule has 15 heavy (non-hydrogen) atoms. The Morgan fingerprint density at radius 3 is 2.27 bits per heavy atom. The van der Waals surface area contributed by atoms with E-state index in [1.807, 2.05) is 0 Å². The minimum Gasteiger partial charge on any atom is -0.466 e. The minimum absolute atomic E-state index is 0.116. The van der Waals surface area contributed by atoms with Gasteiger partial charge in [0.25, 0.3) is 0 Å². The van der Waals surface area contributed by atoms with Crippen LogP contribution in [0.5, 0.6) is 0 Å². The van der Waals surface area contributed by atoms with Gasteiger partial charge in [0.15, 0.2) is 5.78 Å². The Balaban J connectivity index is 4.01. The molecule has 0 aromatic carbocycles. The van der Waals surface area contributed by atoms with Crippen LogP contribution in [0.15, 0.2) is 0 Å². The lowest BCUT2D eigenvalue weighted by atomic mass is 10.1. The van der Waals surface area contributed by atoms with Crippen molar-refractivity contribution >= 4 is 17.7 Å². The highest BCUT2D eigenvalue weighted by Gasteiger charge is 2.17. The van der Waals surface area contributed by atoms with E-state index in [2.05, 4.69) is 10.1 Å². The molecule has 1 amide bonds. The number of esters is 1. The van der Waals surface area contributed by atoms with E-state index in [-0.39, 0.29) is 18.8 Å². The van der Waals surface area contributed by atoms with Crippen molar-refractivity contribution in [1.29, 1.82) is 0 Å². The van der Waals surface area contributed by atoms with Gasteiger partial charge in [-0.15, -0.1) is 0 Å². The number of hydrogen-bond donors (Lipinski definition) is 1. The number of amides is 1. The van der Waals surface area contributed by atoms with Crippen LogP contribution in [-0.2, 0) is 19.1 Å². The number of nitrogens with one attached hydrogen (secondary N) is 1. The van der Waals surface area contributed by atoms with Crippen molar-refractivity contribution in [1.82, 2.24) is 5.32 Å². The van der Waals surface area contributed by atoms with Crippen molar-refractivity contribution in [2.45, 2.75) is 39.7 Å². The third-order valence-electron chi connectivity index (χ3n) is 1.84. The molecule has 1 unspecified atom stereocenters. The van der Waals surface area contributed by atoms with Crippen LogP contribution in [0.25, 0.3) is 0 Å². The SMILES string of the molecule is CCOC(=O)CC(=O)NC(CC)C(C)=O. The summed E-state index contributed by atoms with van der Waals surface area (Å²) in [6.45, 7) is 5.10. The molecule has 0 aliphatic carbocycles. The molecule has 1 N–H and O–H groups in total. The summed E-state index contributed by atoms with van der Waals surface area (Å²) >= 11 is 0. The smallest absolute Gasteiger partial charge is 0.315 e. The zero-order valence-corrected chi connectivity index (χ0v) is 9.33. The second-order valence-electron chi connectivity index (χ2n) is 3.12. The minimum atomic E-state index is -0.576. The number of hydrogen-bond acceptors (Lipinski definition) is 4. The zero-order valence-electron chi connectivity index (χ0n) is 9.33. The van der Waals surface area contributed by atoms with Crippen LogP contribution in [-0.4, -0.2) is 30.3 Å². The van der Waals surface area contributed by atoms with Gasteiger partial charge in [-0.2, -0.15) is 0 Å². The normalized spacial score (nSPS) is 11.7. The summed E-state index contributed by atoms with van der Waals surface area (Å²) in [6, 6.07) is -0.507. The fourth-order valence-corrected chi connectivity index (χ4v) is 1.08. The third-order valence-corrected chi connectivity index (χ3v) is 1.84. The Labute approximate surface area is 89.2 Å². The van der Waals surface area contributed by atoms with Crippen LogP contribution in [0.4, 0.5) is 0 Å². The number of Topliss-reactive ketones (excluding diaryl/α,β-unsaturated/α-hetero) is 1. The van der Waals surface area contributed by atoms with E-state index >= 15 is 0 Å². The first-order chi connectivity index (χ1) is 7.01. The summed E-state index contributed by atoms with van der Waals surface area (Å²) in [5.74, 6) is -1.17. The van der Waals surface area contributed by atoms with Gasteiger partial charge in [0, 0.05) is 0 Å². The molecule has 0 saturated heterocycles. The lowest BCUT2D eigenvalue weighted by Crippen LogP contribution is -2.40. The van der Waals surface area contributed by atoms with Gasteiger partial charge in [-0.3, -0.25) is 14.4 Å². The van der Waals surface area contributed by atoms with Crippen LogP contribution in [0.2, 0.25) is 0 Å². The van der Waals surface area contributed by atoms with Crippen LogP contribution >= 0.6 is 0 Å². The molecule has 0 rings (SSSR count). The Kier molecular flexibility index (Phi) is 6.33. The van der Waals surface area contributed by atoms with Crippen LogP contribution in [0.3, 0.4) is 0 Å². The molecule has 5 heteroatoms.